The van der Waals surface area contributed by atoms with Crippen molar-refractivity contribution in [2.45, 2.75) is 51.6 Å². The number of pyridine rings is 1. The lowest BCUT2D eigenvalue weighted by molar-refractivity contribution is 0.0989. The number of hydrogen-bond acceptors (Lipinski definition) is 2. The largest absolute Gasteiger partial charge is 0.388 e. The van der Waals surface area contributed by atoms with Crippen LogP contribution in [0.1, 0.15) is 55.9 Å². The van der Waals surface area contributed by atoms with Gasteiger partial charge in [-0.15, -0.1) is 0 Å². The molecular weight excluding hydrogens is 246 g/mol. The van der Waals surface area contributed by atoms with Gasteiger partial charge in [-0.2, -0.15) is 0 Å². The van der Waals surface area contributed by atoms with Crippen molar-refractivity contribution in [1.29, 1.82) is 0 Å². The van der Waals surface area contributed by atoms with E-state index in [1.807, 2.05) is 25.1 Å². The normalized spacial score (nSPS) is 18.9. The second-order valence-corrected chi connectivity index (χ2v) is 6.10. The van der Waals surface area contributed by atoms with Gasteiger partial charge in [-0.05, 0) is 49.4 Å². The SMILES string of the molecule is Cc1ccc2cc(C(O)C3CCCCCC3)ccc2n1. The van der Waals surface area contributed by atoms with Crippen LogP contribution in [0.25, 0.3) is 10.9 Å². The fourth-order valence-electron chi connectivity index (χ4n) is 3.33. The van der Waals surface area contributed by atoms with Gasteiger partial charge in [0.15, 0.2) is 0 Å². The van der Waals surface area contributed by atoms with Gasteiger partial charge in [0, 0.05) is 11.1 Å². The predicted molar refractivity (Wildman–Crippen MR) is 82.6 cm³/mol. The summed E-state index contributed by atoms with van der Waals surface area (Å²) in [6.07, 6.45) is 7.16. The quantitative estimate of drug-likeness (QED) is 0.811. The van der Waals surface area contributed by atoms with Crippen LogP contribution in [0.3, 0.4) is 0 Å². The zero-order chi connectivity index (χ0) is 13.9. The van der Waals surface area contributed by atoms with Gasteiger partial charge in [0.2, 0.25) is 0 Å². The molecule has 2 aromatic rings. The summed E-state index contributed by atoms with van der Waals surface area (Å²) in [5.41, 5.74) is 3.10. The number of aliphatic hydroxyl groups excluding tert-OH is 1. The Bertz CT molecular complexity index is 585. The number of aromatic nitrogens is 1. The number of hydrogen-bond donors (Lipinski definition) is 1. The maximum Gasteiger partial charge on any atom is 0.0818 e. The van der Waals surface area contributed by atoms with Gasteiger partial charge in [0.05, 0.1) is 11.6 Å². The molecule has 2 heteroatoms. The van der Waals surface area contributed by atoms with Crippen LogP contribution in [-0.4, -0.2) is 10.1 Å². The molecule has 1 saturated carbocycles. The fourth-order valence-corrected chi connectivity index (χ4v) is 3.33. The first kappa shape index (κ1) is 13.6. The highest BCUT2D eigenvalue weighted by atomic mass is 16.3. The molecule has 0 bridgehead atoms. The van der Waals surface area contributed by atoms with E-state index in [2.05, 4.69) is 17.1 Å². The summed E-state index contributed by atoms with van der Waals surface area (Å²) in [4.78, 5) is 4.52. The molecule has 0 radical (unpaired) electrons. The number of fused-ring (bicyclic) bond motifs is 1. The molecule has 1 fully saturated rings. The lowest BCUT2D eigenvalue weighted by atomic mass is 9.89. The molecule has 2 nitrogen and oxygen atoms in total. The van der Waals surface area contributed by atoms with Gasteiger partial charge in [-0.1, -0.05) is 37.8 Å². The summed E-state index contributed by atoms with van der Waals surface area (Å²) >= 11 is 0. The van der Waals surface area contributed by atoms with E-state index in [1.165, 1.54) is 25.7 Å². The van der Waals surface area contributed by atoms with E-state index >= 15 is 0 Å². The number of aryl methyl sites for hydroxylation is 1. The van der Waals surface area contributed by atoms with Crippen LogP contribution in [0.4, 0.5) is 0 Å². The molecule has 1 aromatic carbocycles. The first-order chi connectivity index (χ1) is 9.74. The van der Waals surface area contributed by atoms with E-state index < -0.39 is 0 Å². The minimum atomic E-state index is -0.321. The van der Waals surface area contributed by atoms with Crippen molar-refractivity contribution in [2.24, 2.45) is 5.92 Å². The Hall–Kier alpha value is -1.41. The molecule has 1 aliphatic rings. The Morgan fingerprint density at radius 2 is 1.80 bits per heavy atom. The smallest absolute Gasteiger partial charge is 0.0818 e. The molecule has 0 saturated heterocycles. The van der Waals surface area contributed by atoms with Gasteiger partial charge in [0.1, 0.15) is 0 Å². The highest BCUT2D eigenvalue weighted by Gasteiger charge is 2.22. The summed E-state index contributed by atoms with van der Waals surface area (Å²) in [5, 5.41) is 11.8. The number of benzene rings is 1. The first-order valence-electron chi connectivity index (χ1n) is 7.79. The van der Waals surface area contributed by atoms with Crippen molar-refractivity contribution in [3.05, 3.63) is 41.6 Å². The molecule has 0 amide bonds. The molecule has 3 rings (SSSR count). The Kier molecular flexibility index (Phi) is 4.02. The minimum Gasteiger partial charge on any atom is -0.388 e. The van der Waals surface area contributed by atoms with E-state index in [-0.39, 0.29) is 6.10 Å². The highest BCUT2D eigenvalue weighted by Crippen LogP contribution is 2.34. The zero-order valence-corrected chi connectivity index (χ0v) is 12.2. The molecule has 1 aliphatic carbocycles. The molecule has 1 heterocycles. The molecule has 0 spiro atoms. The van der Waals surface area contributed by atoms with Crippen molar-refractivity contribution in [2.75, 3.05) is 0 Å². The maximum absolute atomic E-state index is 10.7. The Morgan fingerprint density at radius 3 is 2.55 bits per heavy atom. The fraction of sp³-hybridized carbons (Fsp3) is 0.500. The van der Waals surface area contributed by atoms with Crippen molar-refractivity contribution < 1.29 is 5.11 Å². The summed E-state index contributed by atoms with van der Waals surface area (Å²) < 4.78 is 0. The van der Waals surface area contributed by atoms with Crippen molar-refractivity contribution in [3.63, 3.8) is 0 Å². The van der Waals surface area contributed by atoms with E-state index in [0.717, 1.165) is 35.0 Å². The Balaban J connectivity index is 1.86. The molecule has 1 aromatic heterocycles. The molecular formula is C18H23NO. The zero-order valence-electron chi connectivity index (χ0n) is 12.2. The van der Waals surface area contributed by atoms with Crippen LogP contribution in [0.5, 0.6) is 0 Å². The second-order valence-electron chi connectivity index (χ2n) is 6.10. The highest BCUT2D eigenvalue weighted by molar-refractivity contribution is 5.79. The minimum absolute atomic E-state index is 0.321. The van der Waals surface area contributed by atoms with Crippen molar-refractivity contribution in [1.82, 2.24) is 4.98 Å². The van der Waals surface area contributed by atoms with Crippen LogP contribution in [-0.2, 0) is 0 Å². The Morgan fingerprint density at radius 1 is 1.05 bits per heavy atom. The van der Waals surface area contributed by atoms with Gasteiger partial charge in [-0.25, -0.2) is 0 Å². The van der Waals surface area contributed by atoms with Crippen LogP contribution in [0, 0.1) is 12.8 Å². The molecule has 0 aliphatic heterocycles. The molecule has 106 valence electrons. The van der Waals surface area contributed by atoms with Crippen LogP contribution in [0.2, 0.25) is 0 Å². The topological polar surface area (TPSA) is 33.1 Å². The molecule has 1 unspecified atom stereocenters. The van der Waals surface area contributed by atoms with E-state index in [4.69, 9.17) is 0 Å². The van der Waals surface area contributed by atoms with Crippen LogP contribution >= 0.6 is 0 Å². The first-order valence-corrected chi connectivity index (χ1v) is 7.79. The van der Waals surface area contributed by atoms with E-state index in [0.29, 0.717) is 5.92 Å². The third-order valence-electron chi connectivity index (χ3n) is 4.54. The average Bonchev–Trinajstić information content (AvgIpc) is 2.75. The van der Waals surface area contributed by atoms with Crippen molar-refractivity contribution in [3.8, 4) is 0 Å². The number of rotatable bonds is 2. The Labute approximate surface area is 120 Å². The lowest BCUT2D eigenvalue weighted by Crippen LogP contribution is -2.12. The maximum atomic E-state index is 10.7. The second kappa shape index (κ2) is 5.92. The number of aliphatic hydroxyl groups is 1. The van der Waals surface area contributed by atoms with Crippen LogP contribution in [0.15, 0.2) is 30.3 Å². The third-order valence-corrected chi connectivity index (χ3v) is 4.54. The third kappa shape index (κ3) is 2.85. The van der Waals surface area contributed by atoms with Gasteiger partial charge >= 0.3 is 0 Å². The summed E-state index contributed by atoms with van der Waals surface area (Å²) in [7, 11) is 0. The summed E-state index contributed by atoms with van der Waals surface area (Å²) in [5.74, 6) is 0.424. The van der Waals surface area contributed by atoms with E-state index in [1.54, 1.807) is 0 Å². The van der Waals surface area contributed by atoms with E-state index in [9.17, 15) is 5.11 Å². The van der Waals surface area contributed by atoms with Crippen LogP contribution < -0.4 is 0 Å². The number of nitrogens with zero attached hydrogens (tertiary/aromatic N) is 1. The van der Waals surface area contributed by atoms with Gasteiger partial charge in [-0.3, -0.25) is 4.98 Å². The lowest BCUT2D eigenvalue weighted by Gasteiger charge is -2.21. The van der Waals surface area contributed by atoms with Crippen molar-refractivity contribution >= 4 is 10.9 Å². The predicted octanol–water partition coefficient (Wildman–Crippen LogP) is 4.55. The van der Waals surface area contributed by atoms with Gasteiger partial charge in [0.25, 0.3) is 0 Å². The molecule has 1 atom stereocenters. The standard InChI is InChI=1S/C18H23NO/c1-13-8-9-15-12-16(10-11-17(15)19-13)18(20)14-6-4-2-3-5-7-14/h8-12,14,18,20H,2-7H2,1H3. The summed E-state index contributed by atoms with van der Waals surface area (Å²) in [6.45, 7) is 2.01. The molecule has 1 N–H and O–H groups in total. The molecule has 20 heavy (non-hydrogen) atoms. The average molecular weight is 269 g/mol. The van der Waals surface area contributed by atoms with Gasteiger partial charge < -0.3 is 5.11 Å². The monoisotopic (exact) mass is 269 g/mol. The summed E-state index contributed by atoms with van der Waals surface area (Å²) in [6, 6.07) is 10.3.